The van der Waals surface area contributed by atoms with E-state index in [1.54, 1.807) is 12.4 Å². The van der Waals surface area contributed by atoms with Crippen LogP contribution in [-0.4, -0.2) is 33.6 Å². The number of hydrogen-bond acceptors (Lipinski definition) is 5. The van der Waals surface area contributed by atoms with E-state index in [2.05, 4.69) is 20.6 Å². The topological polar surface area (TPSA) is 87.1 Å². The summed E-state index contributed by atoms with van der Waals surface area (Å²) in [4.78, 5) is 18.7. The number of hydrogen-bond donors (Lipinski definition) is 3. The summed E-state index contributed by atoms with van der Waals surface area (Å²) >= 11 is 0. The molecule has 0 amide bonds. The molecule has 0 unspecified atom stereocenters. The number of carbonyl (C=O) groups is 1. The van der Waals surface area contributed by atoms with E-state index in [9.17, 15) is 4.79 Å². The Balaban J connectivity index is 1.84. The highest BCUT2D eigenvalue weighted by molar-refractivity contribution is 5.72. The third kappa shape index (κ3) is 3.87. The highest BCUT2D eigenvalue weighted by Gasteiger charge is 2.13. The number of anilines is 2. The van der Waals surface area contributed by atoms with Crippen LogP contribution in [0.25, 0.3) is 0 Å². The van der Waals surface area contributed by atoms with Gasteiger partial charge in [0, 0.05) is 6.04 Å². The summed E-state index contributed by atoms with van der Waals surface area (Å²) in [6.07, 6.45) is 9.41. The number of carboxylic acids is 1. The smallest absolute Gasteiger partial charge is 0.322 e. The second-order valence-corrected chi connectivity index (χ2v) is 4.51. The number of rotatable bonds is 5. The van der Waals surface area contributed by atoms with Crippen molar-refractivity contribution >= 4 is 17.6 Å². The molecule has 0 radical (unpaired) electrons. The SMILES string of the molecule is O=C(O)CNc1cnc(NC2CCCCC2)cn1. The number of carboxylic acid groups (broad SMARTS) is 1. The Labute approximate surface area is 106 Å². The zero-order chi connectivity index (χ0) is 12.8. The molecule has 6 heteroatoms. The summed E-state index contributed by atoms with van der Waals surface area (Å²) in [5, 5.41) is 14.6. The van der Waals surface area contributed by atoms with Gasteiger partial charge in [0.25, 0.3) is 0 Å². The van der Waals surface area contributed by atoms with Gasteiger partial charge in [-0.3, -0.25) is 4.79 Å². The molecule has 2 rings (SSSR count). The molecule has 1 aliphatic carbocycles. The second kappa shape index (κ2) is 6.18. The van der Waals surface area contributed by atoms with Gasteiger partial charge in [0.15, 0.2) is 0 Å². The molecule has 0 saturated heterocycles. The second-order valence-electron chi connectivity index (χ2n) is 4.51. The summed E-state index contributed by atoms with van der Waals surface area (Å²) in [6, 6.07) is 0.492. The van der Waals surface area contributed by atoms with Crippen LogP contribution < -0.4 is 10.6 Å². The fraction of sp³-hybridized carbons (Fsp3) is 0.583. The lowest BCUT2D eigenvalue weighted by Crippen LogP contribution is -2.23. The van der Waals surface area contributed by atoms with Gasteiger partial charge in [-0.15, -0.1) is 0 Å². The molecule has 3 N–H and O–H groups in total. The monoisotopic (exact) mass is 250 g/mol. The minimum atomic E-state index is -0.916. The van der Waals surface area contributed by atoms with Crippen molar-refractivity contribution in [1.29, 1.82) is 0 Å². The number of nitrogens with one attached hydrogen (secondary N) is 2. The molecule has 0 spiro atoms. The van der Waals surface area contributed by atoms with Crippen molar-refractivity contribution in [2.75, 3.05) is 17.2 Å². The predicted molar refractivity (Wildman–Crippen MR) is 68.7 cm³/mol. The standard InChI is InChI=1S/C12H18N4O2/c17-12(18)8-15-10-6-14-11(7-13-10)16-9-4-2-1-3-5-9/h6-7,9H,1-5,8H2,(H,13,15)(H,14,16)(H,17,18). The third-order valence-electron chi connectivity index (χ3n) is 3.03. The van der Waals surface area contributed by atoms with E-state index in [4.69, 9.17) is 5.11 Å². The molecule has 0 bridgehead atoms. The van der Waals surface area contributed by atoms with E-state index < -0.39 is 5.97 Å². The zero-order valence-electron chi connectivity index (χ0n) is 10.2. The van der Waals surface area contributed by atoms with Crippen molar-refractivity contribution < 1.29 is 9.90 Å². The summed E-state index contributed by atoms with van der Waals surface area (Å²) in [5.41, 5.74) is 0. The van der Waals surface area contributed by atoms with Gasteiger partial charge < -0.3 is 15.7 Å². The summed E-state index contributed by atoms with van der Waals surface area (Å²) in [7, 11) is 0. The predicted octanol–water partition coefficient (Wildman–Crippen LogP) is 1.72. The van der Waals surface area contributed by atoms with Crippen molar-refractivity contribution in [1.82, 2.24) is 9.97 Å². The largest absolute Gasteiger partial charge is 0.480 e. The molecule has 98 valence electrons. The van der Waals surface area contributed by atoms with Crippen molar-refractivity contribution in [3.63, 3.8) is 0 Å². The van der Waals surface area contributed by atoms with Gasteiger partial charge in [-0.25, -0.2) is 9.97 Å². The first-order chi connectivity index (χ1) is 8.74. The van der Waals surface area contributed by atoms with Gasteiger partial charge in [0.05, 0.1) is 12.4 Å². The van der Waals surface area contributed by atoms with Gasteiger partial charge in [-0.05, 0) is 12.8 Å². The van der Waals surface area contributed by atoms with E-state index in [0.29, 0.717) is 11.9 Å². The molecule has 18 heavy (non-hydrogen) atoms. The van der Waals surface area contributed by atoms with E-state index in [0.717, 1.165) is 5.82 Å². The van der Waals surface area contributed by atoms with Crippen molar-refractivity contribution in [2.45, 2.75) is 38.1 Å². The molecule has 1 heterocycles. The molecule has 0 atom stereocenters. The fourth-order valence-electron chi connectivity index (χ4n) is 2.12. The van der Waals surface area contributed by atoms with Gasteiger partial charge in [0.1, 0.15) is 18.2 Å². The lowest BCUT2D eigenvalue weighted by atomic mass is 9.96. The van der Waals surface area contributed by atoms with E-state index in [-0.39, 0.29) is 6.54 Å². The Morgan fingerprint density at radius 2 is 1.89 bits per heavy atom. The van der Waals surface area contributed by atoms with Gasteiger partial charge in [0.2, 0.25) is 0 Å². The minimum Gasteiger partial charge on any atom is -0.480 e. The van der Waals surface area contributed by atoms with Crippen LogP contribution in [0.4, 0.5) is 11.6 Å². The van der Waals surface area contributed by atoms with Crippen LogP contribution in [-0.2, 0) is 4.79 Å². The van der Waals surface area contributed by atoms with Crippen LogP contribution in [0.2, 0.25) is 0 Å². The van der Waals surface area contributed by atoms with Crippen molar-refractivity contribution in [2.24, 2.45) is 0 Å². The van der Waals surface area contributed by atoms with E-state index in [1.165, 1.54) is 32.1 Å². The number of nitrogens with zero attached hydrogens (tertiary/aromatic N) is 2. The normalized spacial score (nSPS) is 16.2. The summed E-state index contributed by atoms with van der Waals surface area (Å²) in [6.45, 7) is -0.149. The fourth-order valence-corrected chi connectivity index (χ4v) is 2.12. The average Bonchev–Trinajstić information content (AvgIpc) is 2.39. The molecular weight excluding hydrogens is 232 g/mol. The summed E-state index contributed by atoms with van der Waals surface area (Å²) < 4.78 is 0. The molecule has 1 aromatic rings. The maximum absolute atomic E-state index is 10.4. The lowest BCUT2D eigenvalue weighted by molar-refractivity contribution is -0.134. The molecule has 1 aliphatic rings. The van der Waals surface area contributed by atoms with Crippen LogP contribution in [0.5, 0.6) is 0 Å². The highest BCUT2D eigenvalue weighted by atomic mass is 16.4. The van der Waals surface area contributed by atoms with Gasteiger partial charge >= 0.3 is 5.97 Å². The first-order valence-electron chi connectivity index (χ1n) is 6.28. The Kier molecular flexibility index (Phi) is 4.33. The first-order valence-corrected chi connectivity index (χ1v) is 6.28. The van der Waals surface area contributed by atoms with Crippen LogP contribution in [0.15, 0.2) is 12.4 Å². The van der Waals surface area contributed by atoms with Crippen LogP contribution in [0.3, 0.4) is 0 Å². The molecule has 0 aliphatic heterocycles. The van der Waals surface area contributed by atoms with E-state index >= 15 is 0 Å². The average molecular weight is 250 g/mol. The molecule has 6 nitrogen and oxygen atoms in total. The molecule has 1 saturated carbocycles. The number of aliphatic carboxylic acids is 1. The Morgan fingerprint density at radius 3 is 2.50 bits per heavy atom. The lowest BCUT2D eigenvalue weighted by Gasteiger charge is -2.23. The summed E-state index contributed by atoms with van der Waals surface area (Å²) in [5.74, 6) is 0.315. The van der Waals surface area contributed by atoms with E-state index in [1.807, 2.05) is 0 Å². The molecule has 1 fully saturated rings. The first kappa shape index (κ1) is 12.6. The molecular formula is C12H18N4O2. The third-order valence-corrected chi connectivity index (χ3v) is 3.03. The van der Waals surface area contributed by atoms with Gasteiger partial charge in [-0.2, -0.15) is 0 Å². The zero-order valence-corrected chi connectivity index (χ0v) is 10.2. The maximum atomic E-state index is 10.4. The Hall–Kier alpha value is -1.85. The van der Waals surface area contributed by atoms with Crippen molar-refractivity contribution in [3.05, 3.63) is 12.4 Å². The van der Waals surface area contributed by atoms with Crippen LogP contribution in [0, 0.1) is 0 Å². The van der Waals surface area contributed by atoms with Crippen LogP contribution in [0.1, 0.15) is 32.1 Å². The molecule has 1 aromatic heterocycles. The number of aromatic nitrogens is 2. The van der Waals surface area contributed by atoms with Crippen LogP contribution >= 0.6 is 0 Å². The Bertz CT molecular complexity index is 388. The Morgan fingerprint density at radius 1 is 1.22 bits per heavy atom. The molecule has 0 aromatic carbocycles. The maximum Gasteiger partial charge on any atom is 0.322 e. The van der Waals surface area contributed by atoms with Crippen molar-refractivity contribution in [3.8, 4) is 0 Å². The quantitative estimate of drug-likeness (QED) is 0.737. The minimum absolute atomic E-state index is 0.149. The van der Waals surface area contributed by atoms with Gasteiger partial charge in [-0.1, -0.05) is 19.3 Å². The highest BCUT2D eigenvalue weighted by Crippen LogP contribution is 2.20.